The minimum absolute atomic E-state index is 0. The Bertz CT molecular complexity index is 686. The summed E-state index contributed by atoms with van der Waals surface area (Å²) in [6.45, 7) is 6.53. The van der Waals surface area contributed by atoms with Crippen LogP contribution in [0.5, 0.6) is 5.75 Å². The number of nitrogens with one attached hydrogen (secondary N) is 2. The van der Waals surface area contributed by atoms with Gasteiger partial charge in [-0.1, -0.05) is 12.1 Å². The summed E-state index contributed by atoms with van der Waals surface area (Å²) in [5.74, 6) is 1.86. The van der Waals surface area contributed by atoms with Crippen molar-refractivity contribution < 1.29 is 13.5 Å². The summed E-state index contributed by atoms with van der Waals surface area (Å²) in [5, 5.41) is 6.23. The van der Waals surface area contributed by atoms with Crippen LogP contribution in [0.4, 0.5) is 4.39 Å². The first-order chi connectivity index (χ1) is 11.5. The van der Waals surface area contributed by atoms with E-state index in [9.17, 15) is 4.39 Å². The Morgan fingerprint density at radius 1 is 1.32 bits per heavy atom. The fraction of sp³-hybridized carbons (Fsp3) is 0.412. The number of hydrogen-bond donors (Lipinski definition) is 2. The van der Waals surface area contributed by atoms with Gasteiger partial charge >= 0.3 is 0 Å². The molecule has 0 saturated carbocycles. The van der Waals surface area contributed by atoms with Crippen molar-refractivity contribution in [3.05, 3.63) is 47.4 Å². The second-order valence-corrected chi connectivity index (χ2v) is 5.41. The molecular formula is C17H24FIN4O2. The van der Waals surface area contributed by atoms with Crippen LogP contribution in [0.3, 0.4) is 0 Å². The van der Waals surface area contributed by atoms with Gasteiger partial charge in [0.25, 0.3) is 0 Å². The summed E-state index contributed by atoms with van der Waals surface area (Å²) in [6, 6.07) is 6.34. The molecule has 0 spiro atoms. The largest absolute Gasteiger partial charge is 0.486 e. The second-order valence-electron chi connectivity index (χ2n) is 5.41. The Morgan fingerprint density at radius 3 is 2.64 bits per heavy atom. The quantitative estimate of drug-likeness (QED) is 0.392. The summed E-state index contributed by atoms with van der Waals surface area (Å²) < 4.78 is 24.6. The van der Waals surface area contributed by atoms with Gasteiger partial charge in [0.2, 0.25) is 5.89 Å². The van der Waals surface area contributed by atoms with E-state index in [1.54, 1.807) is 25.2 Å². The fourth-order valence-electron chi connectivity index (χ4n) is 2.03. The predicted octanol–water partition coefficient (Wildman–Crippen LogP) is 3.18. The summed E-state index contributed by atoms with van der Waals surface area (Å²) in [4.78, 5) is 8.42. The molecule has 8 heteroatoms. The fourth-order valence-corrected chi connectivity index (χ4v) is 2.03. The number of nitrogens with zero attached hydrogens (tertiary/aromatic N) is 2. The Hall–Kier alpha value is -1.84. The number of aromatic nitrogens is 1. The maximum Gasteiger partial charge on any atom is 0.214 e. The average Bonchev–Trinajstić information content (AvgIpc) is 2.88. The highest BCUT2D eigenvalue weighted by atomic mass is 127. The van der Waals surface area contributed by atoms with Gasteiger partial charge in [-0.2, -0.15) is 0 Å². The Labute approximate surface area is 164 Å². The van der Waals surface area contributed by atoms with Crippen LogP contribution in [0.25, 0.3) is 0 Å². The van der Waals surface area contributed by atoms with Crippen molar-refractivity contribution >= 4 is 29.9 Å². The number of aliphatic imine (C=N–C) groups is 1. The lowest BCUT2D eigenvalue weighted by Gasteiger charge is -2.17. The molecule has 0 aliphatic heterocycles. The van der Waals surface area contributed by atoms with E-state index < -0.39 is 0 Å². The number of para-hydroxylation sites is 1. The van der Waals surface area contributed by atoms with E-state index in [4.69, 9.17) is 9.15 Å². The lowest BCUT2D eigenvalue weighted by atomic mass is 10.3. The van der Waals surface area contributed by atoms with Crippen LogP contribution in [-0.4, -0.2) is 30.6 Å². The summed E-state index contributed by atoms with van der Waals surface area (Å²) >= 11 is 0. The Balaban J connectivity index is 0.00000312. The molecule has 2 aromatic rings. The summed E-state index contributed by atoms with van der Waals surface area (Å²) in [7, 11) is 1.67. The van der Waals surface area contributed by atoms with Crippen molar-refractivity contribution in [1.82, 2.24) is 15.6 Å². The average molecular weight is 462 g/mol. The SMILES string of the molecule is CN=C(NCc1nc(C)c(C)o1)NCC(C)Oc1ccccc1F.I. The van der Waals surface area contributed by atoms with Crippen LogP contribution >= 0.6 is 24.0 Å². The van der Waals surface area contributed by atoms with Gasteiger partial charge in [-0.3, -0.25) is 4.99 Å². The van der Waals surface area contributed by atoms with Crippen molar-refractivity contribution in [2.45, 2.75) is 33.4 Å². The molecule has 25 heavy (non-hydrogen) atoms. The molecule has 0 fully saturated rings. The number of rotatable bonds is 6. The number of aryl methyl sites for hydroxylation is 2. The molecule has 2 rings (SSSR count). The minimum Gasteiger partial charge on any atom is -0.486 e. The Morgan fingerprint density at radius 2 is 2.04 bits per heavy atom. The van der Waals surface area contributed by atoms with Crippen LogP contribution < -0.4 is 15.4 Å². The molecule has 0 saturated heterocycles. The second kappa shape index (κ2) is 10.2. The van der Waals surface area contributed by atoms with Gasteiger partial charge < -0.3 is 19.8 Å². The van der Waals surface area contributed by atoms with Gasteiger partial charge in [-0.15, -0.1) is 24.0 Å². The number of benzene rings is 1. The van der Waals surface area contributed by atoms with E-state index in [0.29, 0.717) is 24.9 Å². The minimum atomic E-state index is -0.374. The number of oxazole rings is 1. The van der Waals surface area contributed by atoms with Crippen molar-refractivity contribution in [3.63, 3.8) is 0 Å². The molecule has 0 aliphatic carbocycles. The molecule has 0 amide bonds. The van der Waals surface area contributed by atoms with Crippen LogP contribution in [0.1, 0.15) is 24.3 Å². The first kappa shape index (κ1) is 21.2. The zero-order chi connectivity index (χ0) is 17.5. The third-order valence-electron chi connectivity index (χ3n) is 3.43. The van der Waals surface area contributed by atoms with Gasteiger partial charge in [0.1, 0.15) is 11.9 Å². The van der Waals surface area contributed by atoms with E-state index >= 15 is 0 Å². The van der Waals surface area contributed by atoms with E-state index in [-0.39, 0.29) is 41.6 Å². The molecule has 0 bridgehead atoms. The standard InChI is InChI=1S/C17H23FN4O2.HI/c1-11(23-15-8-6-5-7-14(15)18)9-20-17(19-4)21-10-16-22-12(2)13(3)24-16;/h5-8,11H,9-10H2,1-4H3,(H2,19,20,21);1H. The first-order valence-corrected chi connectivity index (χ1v) is 7.78. The van der Waals surface area contributed by atoms with E-state index in [0.717, 1.165) is 11.5 Å². The predicted molar refractivity (Wildman–Crippen MR) is 106 cm³/mol. The Kier molecular flexibility index (Phi) is 8.67. The van der Waals surface area contributed by atoms with Gasteiger partial charge in [0.15, 0.2) is 17.5 Å². The van der Waals surface area contributed by atoms with Crippen molar-refractivity contribution in [2.75, 3.05) is 13.6 Å². The lowest BCUT2D eigenvalue weighted by molar-refractivity contribution is 0.214. The molecule has 1 unspecified atom stereocenters. The monoisotopic (exact) mass is 462 g/mol. The molecule has 1 heterocycles. The van der Waals surface area contributed by atoms with Gasteiger partial charge in [0, 0.05) is 7.05 Å². The summed E-state index contributed by atoms with van der Waals surface area (Å²) in [5.41, 5.74) is 0.877. The maximum absolute atomic E-state index is 13.6. The summed E-state index contributed by atoms with van der Waals surface area (Å²) in [6.07, 6.45) is -0.230. The van der Waals surface area contributed by atoms with Gasteiger partial charge in [-0.05, 0) is 32.9 Å². The third kappa shape index (κ3) is 6.52. The van der Waals surface area contributed by atoms with Gasteiger partial charge in [0.05, 0.1) is 18.8 Å². The number of guanidine groups is 1. The highest BCUT2D eigenvalue weighted by Crippen LogP contribution is 2.16. The molecule has 2 N–H and O–H groups in total. The zero-order valence-corrected chi connectivity index (χ0v) is 17.1. The highest BCUT2D eigenvalue weighted by molar-refractivity contribution is 14.0. The molecule has 6 nitrogen and oxygen atoms in total. The van der Waals surface area contributed by atoms with Crippen LogP contribution in [-0.2, 0) is 6.54 Å². The molecule has 1 aromatic carbocycles. The van der Waals surface area contributed by atoms with E-state index in [1.807, 2.05) is 20.8 Å². The highest BCUT2D eigenvalue weighted by Gasteiger charge is 2.10. The maximum atomic E-state index is 13.6. The van der Waals surface area contributed by atoms with Gasteiger partial charge in [-0.25, -0.2) is 9.37 Å². The van der Waals surface area contributed by atoms with Crippen molar-refractivity contribution in [3.8, 4) is 5.75 Å². The first-order valence-electron chi connectivity index (χ1n) is 7.78. The normalized spacial score (nSPS) is 12.3. The molecule has 138 valence electrons. The molecule has 1 aromatic heterocycles. The van der Waals surface area contributed by atoms with Crippen molar-refractivity contribution in [2.24, 2.45) is 4.99 Å². The molecule has 1 atom stereocenters. The molecular weight excluding hydrogens is 438 g/mol. The molecule has 0 radical (unpaired) electrons. The molecule has 0 aliphatic rings. The number of ether oxygens (including phenoxy) is 1. The van der Waals surface area contributed by atoms with Crippen LogP contribution in [0.2, 0.25) is 0 Å². The number of halogens is 2. The number of hydrogen-bond acceptors (Lipinski definition) is 4. The van der Waals surface area contributed by atoms with Crippen molar-refractivity contribution in [1.29, 1.82) is 0 Å². The zero-order valence-electron chi connectivity index (χ0n) is 14.8. The topological polar surface area (TPSA) is 71.7 Å². The lowest BCUT2D eigenvalue weighted by Crippen LogP contribution is -2.41. The van der Waals surface area contributed by atoms with E-state index in [1.165, 1.54) is 6.07 Å². The third-order valence-corrected chi connectivity index (χ3v) is 3.43. The van der Waals surface area contributed by atoms with Crippen LogP contribution in [0, 0.1) is 19.7 Å². The van der Waals surface area contributed by atoms with E-state index in [2.05, 4.69) is 20.6 Å². The smallest absolute Gasteiger partial charge is 0.214 e. The van der Waals surface area contributed by atoms with Crippen LogP contribution in [0.15, 0.2) is 33.7 Å².